The van der Waals surface area contributed by atoms with Crippen molar-refractivity contribution in [2.75, 3.05) is 31.3 Å². The molecule has 4 aromatic heterocycles. The molecule has 10 aromatic rings. The molecule has 1 N–H and O–H groups in total. The molecule has 4 heterocycles. The van der Waals surface area contributed by atoms with E-state index in [1.54, 1.807) is 11.3 Å². The van der Waals surface area contributed by atoms with Crippen LogP contribution < -0.4 is 23.8 Å². The first-order valence-electron chi connectivity index (χ1n) is 43.6. The van der Waals surface area contributed by atoms with E-state index in [1.165, 1.54) is 145 Å². The summed E-state index contributed by atoms with van der Waals surface area (Å²) in [4.78, 5) is 21.5. The number of benzene rings is 6. The summed E-state index contributed by atoms with van der Waals surface area (Å²) >= 11 is 6.76. The first-order chi connectivity index (χ1) is 55.7. The van der Waals surface area contributed by atoms with Crippen LogP contribution in [0.5, 0.6) is 23.0 Å². The number of aromatic nitrogens is 2. The Morgan fingerprint density at radius 3 is 1.28 bits per heavy atom. The number of rotatable bonds is 49. The highest BCUT2D eigenvalue weighted by molar-refractivity contribution is 7.23. The largest absolute Gasteiger partial charge is 0.493 e. The molecule has 0 saturated carbocycles. The summed E-state index contributed by atoms with van der Waals surface area (Å²) in [6.45, 7) is 30.3. The van der Waals surface area contributed by atoms with Gasteiger partial charge in [0, 0.05) is 86.1 Å². The van der Waals surface area contributed by atoms with Crippen molar-refractivity contribution >= 4 is 85.9 Å². The van der Waals surface area contributed by atoms with E-state index in [9.17, 15) is 15.2 Å². The minimum atomic E-state index is -1.21. The first-order valence-corrected chi connectivity index (χ1v) is 46.8. The average molecular weight is 1610 g/mol. The summed E-state index contributed by atoms with van der Waals surface area (Å²) in [5.41, 5.74) is 14.5. The number of hydrogen-bond acceptors (Lipinski definition) is 13. The normalized spacial score (nSPS) is 14.9. The lowest BCUT2D eigenvalue weighted by Gasteiger charge is -2.37. The summed E-state index contributed by atoms with van der Waals surface area (Å²) in [5.74, 6) is 5.24. The van der Waals surface area contributed by atoms with Gasteiger partial charge in [0.2, 0.25) is 0 Å². The van der Waals surface area contributed by atoms with Gasteiger partial charge >= 0.3 is 5.97 Å². The number of fused-ring (bicyclic) bond motifs is 4. The molecule has 6 atom stereocenters. The third kappa shape index (κ3) is 21.6. The second kappa shape index (κ2) is 43.2. The molecule has 1 aliphatic carbocycles. The molecule has 1 aliphatic rings. The van der Waals surface area contributed by atoms with Crippen molar-refractivity contribution in [3.8, 4) is 93.8 Å². The molecule has 0 fully saturated rings. The number of ether oxygens (including phenoxy) is 4. The quantitative estimate of drug-likeness (QED) is 0.0291. The van der Waals surface area contributed by atoms with Crippen LogP contribution in [0.15, 0.2) is 151 Å². The smallest absolute Gasteiger partial charge is 0.346 e. The maximum Gasteiger partial charge on any atom is 0.346 e. The zero-order chi connectivity index (χ0) is 80.5. The highest BCUT2D eigenvalue weighted by atomic mass is 32.1. The maximum atomic E-state index is 12.0. The lowest BCUT2D eigenvalue weighted by molar-refractivity contribution is -0.132. The minimum Gasteiger partial charge on any atom is -0.493 e. The van der Waals surface area contributed by atoms with Crippen molar-refractivity contribution in [3.05, 3.63) is 166 Å². The van der Waals surface area contributed by atoms with Crippen molar-refractivity contribution in [1.29, 1.82) is 5.26 Å². The Balaban J connectivity index is 0.974. The number of thiophene rings is 3. The van der Waals surface area contributed by atoms with Crippen LogP contribution in [0.4, 0.5) is 17.1 Å². The lowest BCUT2D eigenvalue weighted by atomic mass is 9.70. The van der Waals surface area contributed by atoms with Gasteiger partial charge in [-0.1, -0.05) is 254 Å². The molecular weight excluding hydrogens is 1480 g/mol. The van der Waals surface area contributed by atoms with Crippen LogP contribution in [0.3, 0.4) is 0 Å². The Morgan fingerprint density at radius 2 is 0.833 bits per heavy atom. The number of anilines is 3. The molecular formula is C100H126N4O6S4. The number of nitrogens with zero attached hydrogens (tertiary/aromatic N) is 4. The van der Waals surface area contributed by atoms with E-state index >= 15 is 0 Å². The van der Waals surface area contributed by atoms with Crippen molar-refractivity contribution in [3.63, 3.8) is 0 Å². The van der Waals surface area contributed by atoms with Gasteiger partial charge in [-0.25, -0.2) is 4.79 Å². The Kier molecular flexibility index (Phi) is 32.9. The minimum absolute atomic E-state index is 0.174. The maximum absolute atomic E-state index is 12.0. The number of aliphatic carboxylic acids is 1. The zero-order valence-electron chi connectivity index (χ0n) is 70.3. The number of carboxylic acids is 1. The van der Waals surface area contributed by atoms with Crippen molar-refractivity contribution < 1.29 is 28.8 Å². The third-order valence-electron chi connectivity index (χ3n) is 24.0. The van der Waals surface area contributed by atoms with E-state index in [-0.39, 0.29) is 11.0 Å². The molecule has 0 saturated heterocycles. The molecule has 0 radical (unpaired) electrons. The van der Waals surface area contributed by atoms with Crippen LogP contribution in [0, 0.1) is 46.8 Å². The van der Waals surface area contributed by atoms with E-state index in [0.29, 0.717) is 61.9 Å². The van der Waals surface area contributed by atoms with E-state index in [2.05, 4.69) is 228 Å². The average Bonchev–Trinajstić information content (AvgIpc) is 1.54. The van der Waals surface area contributed by atoms with Crippen molar-refractivity contribution in [1.82, 2.24) is 8.75 Å². The van der Waals surface area contributed by atoms with Crippen LogP contribution >= 0.6 is 45.7 Å². The van der Waals surface area contributed by atoms with Crippen LogP contribution in [-0.4, -0.2) is 46.3 Å². The van der Waals surface area contributed by atoms with Gasteiger partial charge in [-0.15, -0.1) is 34.0 Å². The monoisotopic (exact) mass is 1610 g/mol. The second-order valence-electron chi connectivity index (χ2n) is 32.4. The molecule has 606 valence electrons. The molecule has 0 aliphatic heterocycles. The third-order valence-corrected chi connectivity index (χ3v) is 28.5. The summed E-state index contributed by atoms with van der Waals surface area (Å²) in [6.07, 6.45) is 30.6. The first kappa shape index (κ1) is 86.8. The molecule has 11 rings (SSSR count). The topological polar surface area (TPSA) is 127 Å². The van der Waals surface area contributed by atoms with Gasteiger partial charge in [0.05, 0.1) is 38.2 Å². The molecule has 0 spiro atoms. The van der Waals surface area contributed by atoms with Gasteiger partial charge in [-0.05, 0) is 193 Å². The SMILES string of the molecule is CCCCC(C)COc1cc(OCC(CC)CCCC)ccc1-c1ccc(N(c2ccc(-c3ccc(OCC(CC)CCCC)cc3OCC(CC)CCCC)cc2)c2ccc(-c3ccc(-c4cc5c(s4)C(CC(CC)CCCC)(CC(CC)CCCC)c4sc(-c6ccc(/C=C(\C#N)C(=O)O)s6)cc4-5)c4nsnc34)cc2)cc1. The van der Waals surface area contributed by atoms with E-state index in [1.807, 2.05) is 34.8 Å². The van der Waals surface area contributed by atoms with E-state index in [0.717, 1.165) is 164 Å². The van der Waals surface area contributed by atoms with Crippen LogP contribution in [0.25, 0.3) is 81.8 Å². The summed E-state index contributed by atoms with van der Waals surface area (Å²) < 4.78 is 37.2. The Bertz CT molecular complexity index is 4710. The Hall–Kier alpha value is -8.06. The molecule has 6 aromatic carbocycles. The van der Waals surface area contributed by atoms with Gasteiger partial charge in [0.25, 0.3) is 0 Å². The van der Waals surface area contributed by atoms with Crippen molar-refractivity contribution in [2.45, 2.75) is 249 Å². The summed E-state index contributed by atoms with van der Waals surface area (Å²) in [5, 5.41) is 19.5. The fourth-order valence-corrected chi connectivity index (χ4v) is 21.1. The number of unbranched alkanes of at least 4 members (excludes halogenated alkanes) is 6. The fraction of sp³-hybridized carbons (Fsp3) is 0.480. The molecule has 14 heteroatoms. The van der Waals surface area contributed by atoms with Gasteiger partial charge < -0.3 is 29.0 Å². The Labute approximate surface area is 699 Å². The highest BCUT2D eigenvalue weighted by Crippen LogP contribution is 2.64. The van der Waals surface area contributed by atoms with Crippen LogP contribution in [-0.2, 0) is 10.2 Å². The summed E-state index contributed by atoms with van der Waals surface area (Å²) in [7, 11) is 0. The molecule has 6 unspecified atom stereocenters. The van der Waals surface area contributed by atoms with E-state index in [4.69, 9.17) is 27.7 Å². The zero-order valence-corrected chi connectivity index (χ0v) is 73.6. The Morgan fingerprint density at radius 1 is 0.439 bits per heavy atom. The number of carboxylic acid groups (broad SMARTS) is 1. The molecule has 0 bridgehead atoms. The second-order valence-corrected chi connectivity index (χ2v) is 36.1. The predicted molar refractivity (Wildman–Crippen MR) is 487 cm³/mol. The van der Waals surface area contributed by atoms with Gasteiger partial charge in [0.15, 0.2) is 0 Å². The number of nitriles is 1. The number of hydrogen-bond donors (Lipinski definition) is 1. The highest BCUT2D eigenvalue weighted by Gasteiger charge is 2.49. The van der Waals surface area contributed by atoms with Crippen LogP contribution in [0.2, 0.25) is 0 Å². The van der Waals surface area contributed by atoms with Gasteiger partial charge in [-0.2, -0.15) is 14.0 Å². The standard InChI is InChI=1S/C100H126N4O6S4/c1-13-24-30-68(12)64-109-90-57-81(107-65-71(21-9)33-27-16-4)48-51-84(90)74-36-42-78(43-37-74)104(79-44-38-75(39-45-79)85-52-49-82(108-66-72(22-10)34-28-17-5)58-91(85)110-67-73(23-11)35-29-18-6)80-46-40-76(41-47-80)86-53-54-87(96-95(86)102-114-103-96)93-59-88-89-60-94(92-55-50-83(111-92)56-77(63-101)99(105)106)113-98(89)100(97(88)112-93,61-69(19-7)31-25-14-2)62-70(20-8)32-26-15-3/h36-60,68-73H,13-35,61-62,64-67H2,1-12H3,(H,105,106)/b77-56+. The van der Waals surface area contributed by atoms with Gasteiger partial charge in [0.1, 0.15) is 45.7 Å². The predicted octanol–water partition coefficient (Wildman–Crippen LogP) is 31.1. The fourth-order valence-electron chi connectivity index (χ4n) is 16.6. The van der Waals surface area contributed by atoms with E-state index < -0.39 is 5.97 Å². The van der Waals surface area contributed by atoms with Crippen molar-refractivity contribution in [2.24, 2.45) is 35.5 Å². The summed E-state index contributed by atoms with van der Waals surface area (Å²) in [6, 6.07) is 55.3. The molecule has 0 amide bonds. The molecule has 114 heavy (non-hydrogen) atoms. The van der Waals surface area contributed by atoms with Crippen LogP contribution in [0.1, 0.15) is 258 Å². The lowest BCUT2D eigenvalue weighted by Crippen LogP contribution is -2.30. The van der Waals surface area contributed by atoms with Gasteiger partial charge in [-0.3, -0.25) is 0 Å². The molecule has 10 nitrogen and oxygen atoms in total. The number of carbonyl (C=O) groups is 1.